The molecule has 1 heterocycles. The van der Waals surface area contributed by atoms with Gasteiger partial charge in [-0.25, -0.2) is 9.80 Å². The SMILES string of the molecule is CC(=O)SCCC(=O)N1N=C(c2ccccc2C)CC1C(=O)O. The number of hydrogen-bond donors (Lipinski definition) is 1. The number of carbonyl (C=O) groups excluding carboxylic acids is 2. The predicted molar refractivity (Wildman–Crippen MR) is 88.4 cm³/mol. The van der Waals surface area contributed by atoms with Gasteiger partial charge in [0.15, 0.2) is 11.2 Å². The summed E-state index contributed by atoms with van der Waals surface area (Å²) in [7, 11) is 0. The van der Waals surface area contributed by atoms with Crippen LogP contribution in [0.25, 0.3) is 0 Å². The lowest BCUT2D eigenvalue weighted by Crippen LogP contribution is -2.38. The molecule has 1 unspecified atom stereocenters. The molecule has 23 heavy (non-hydrogen) atoms. The van der Waals surface area contributed by atoms with Gasteiger partial charge in [-0.2, -0.15) is 5.10 Å². The zero-order valence-electron chi connectivity index (χ0n) is 13.0. The smallest absolute Gasteiger partial charge is 0.329 e. The molecular formula is C16H18N2O4S. The molecule has 0 bridgehead atoms. The third kappa shape index (κ3) is 4.19. The molecule has 1 aromatic carbocycles. The number of hydrogen-bond acceptors (Lipinski definition) is 5. The Morgan fingerprint density at radius 3 is 2.65 bits per heavy atom. The van der Waals surface area contributed by atoms with Gasteiger partial charge in [-0.15, -0.1) is 0 Å². The highest BCUT2D eigenvalue weighted by molar-refractivity contribution is 8.13. The molecular weight excluding hydrogens is 316 g/mol. The minimum Gasteiger partial charge on any atom is -0.480 e. The van der Waals surface area contributed by atoms with Crippen molar-refractivity contribution in [2.75, 3.05) is 5.75 Å². The van der Waals surface area contributed by atoms with Gasteiger partial charge in [0, 0.05) is 31.1 Å². The first-order chi connectivity index (χ1) is 10.9. The van der Waals surface area contributed by atoms with E-state index in [4.69, 9.17) is 0 Å². The Balaban J connectivity index is 2.18. The summed E-state index contributed by atoms with van der Waals surface area (Å²) >= 11 is 1.05. The fourth-order valence-electron chi connectivity index (χ4n) is 2.39. The van der Waals surface area contributed by atoms with Gasteiger partial charge in [0.2, 0.25) is 5.91 Å². The highest BCUT2D eigenvalue weighted by atomic mass is 32.2. The monoisotopic (exact) mass is 334 g/mol. The second kappa shape index (κ2) is 7.41. The van der Waals surface area contributed by atoms with Crippen molar-refractivity contribution in [2.24, 2.45) is 5.10 Å². The van der Waals surface area contributed by atoms with Gasteiger partial charge in [0.05, 0.1) is 5.71 Å². The van der Waals surface area contributed by atoms with Gasteiger partial charge < -0.3 is 5.11 Å². The first-order valence-electron chi connectivity index (χ1n) is 7.22. The Labute approximate surface area is 138 Å². The Morgan fingerprint density at radius 1 is 1.35 bits per heavy atom. The van der Waals surface area contributed by atoms with Crippen LogP contribution in [0.15, 0.2) is 29.4 Å². The van der Waals surface area contributed by atoms with Gasteiger partial charge in [-0.05, 0) is 12.5 Å². The van der Waals surface area contributed by atoms with Gasteiger partial charge in [0.25, 0.3) is 0 Å². The van der Waals surface area contributed by atoms with Crippen molar-refractivity contribution in [3.05, 3.63) is 35.4 Å². The Morgan fingerprint density at radius 2 is 2.04 bits per heavy atom. The number of benzene rings is 1. The van der Waals surface area contributed by atoms with Crippen LogP contribution in [-0.4, -0.2) is 44.6 Å². The van der Waals surface area contributed by atoms with E-state index in [-0.39, 0.29) is 23.9 Å². The molecule has 0 spiro atoms. The van der Waals surface area contributed by atoms with E-state index in [1.54, 1.807) is 0 Å². The summed E-state index contributed by atoms with van der Waals surface area (Å²) in [4.78, 5) is 34.6. The summed E-state index contributed by atoms with van der Waals surface area (Å²) in [5, 5.41) is 14.6. The maximum Gasteiger partial charge on any atom is 0.329 e. The number of nitrogens with zero attached hydrogens (tertiary/aromatic N) is 2. The van der Waals surface area contributed by atoms with Gasteiger partial charge in [-0.3, -0.25) is 9.59 Å². The Bertz CT molecular complexity index is 672. The molecule has 1 aliphatic heterocycles. The third-order valence-corrected chi connectivity index (χ3v) is 4.34. The minimum atomic E-state index is -1.08. The van der Waals surface area contributed by atoms with Crippen molar-refractivity contribution >= 4 is 34.5 Å². The van der Waals surface area contributed by atoms with Crippen LogP contribution in [-0.2, 0) is 14.4 Å². The van der Waals surface area contributed by atoms with Crippen LogP contribution in [0.3, 0.4) is 0 Å². The van der Waals surface area contributed by atoms with E-state index in [2.05, 4.69) is 5.10 Å². The van der Waals surface area contributed by atoms with Crippen LogP contribution >= 0.6 is 11.8 Å². The molecule has 1 aromatic rings. The third-order valence-electron chi connectivity index (χ3n) is 3.53. The number of aryl methyl sites for hydroxylation is 1. The molecule has 7 heteroatoms. The number of thioether (sulfide) groups is 1. The minimum absolute atomic E-state index is 0.0712. The van der Waals surface area contributed by atoms with Crippen molar-refractivity contribution in [1.82, 2.24) is 5.01 Å². The van der Waals surface area contributed by atoms with Crippen LogP contribution in [0.5, 0.6) is 0 Å². The quantitative estimate of drug-likeness (QED) is 0.890. The fraction of sp³-hybridized carbons (Fsp3) is 0.375. The second-order valence-electron chi connectivity index (χ2n) is 5.25. The summed E-state index contributed by atoms with van der Waals surface area (Å²) in [5.74, 6) is -1.13. The second-order valence-corrected chi connectivity index (χ2v) is 6.52. The molecule has 2 rings (SSSR count). The molecule has 0 fully saturated rings. The molecule has 1 atom stereocenters. The maximum absolute atomic E-state index is 12.2. The molecule has 0 aliphatic carbocycles. The van der Waals surface area contributed by atoms with Crippen LogP contribution < -0.4 is 0 Å². The molecule has 0 saturated heterocycles. The fourth-order valence-corrected chi connectivity index (χ4v) is 2.95. The van der Waals surface area contributed by atoms with Crippen molar-refractivity contribution < 1.29 is 19.5 Å². The van der Waals surface area contributed by atoms with E-state index in [1.165, 1.54) is 6.92 Å². The first kappa shape index (κ1) is 17.2. The number of aliphatic carboxylic acids is 1. The zero-order valence-corrected chi connectivity index (χ0v) is 13.8. The lowest BCUT2D eigenvalue weighted by Gasteiger charge is -2.17. The molecule has 0 saturated carbocycles. The molecule has 0 aromatic heterocycles. The average Bonchev–Trinajstić information content (AvgIpc) is 2.92. The van der Waals surface area contributed by atoms with E-state index in [0.29, 0.717) is 11.5 Å². The average molecular weight is 334 g/mol. The van der Waals surface area contributed by atoms with Gasteiger partial charge >= 0.3 is 5.97 Å². The van der Waals surface area contributed by atoms with Crippen molar-refractivity contribution in [3.8, 4) is 0 Å². The standard InChI is InChI=1S/C16H18N2O4S/c1-10-5-3-4-6-12(10)13-9-14(16(21)22)18(17-13)15(20)7-8-23-11(2)19/h3-6,14H,7-9H2,1-2H3,(H,21,22). The number of carbonyl (C=O) groups is 3. The summed E-state index contributed by atoms with van der Waals surface area (Å²) in [6, 6.07) is 6.55. The number of carboxylic acid groups (broad SMARTS) is 1. The zero-order chi connectivity index (χ0) is 17.0. The van der Waals surface area contributed by atoms with E-state index in [1.807, 2.05) is 31.2 Å². The number of rotatable bonds is 5. The lowest BCUT2D eigenvalue weighted by molar-refractivity contribution is -0.148. The topological polar surface area (TPSA) is 87.0 Å². The summed E-state index contributed by atoms with van der Waals surface area (Å²) in [6.07, 6.45) is 0.268. The van der Waals surface area contributed by atoms with E-state index >= 15 is 0 Å². The largest absolute Gasteiger partial charge is 0.480 e. The highest BCUT2D eigenvalue weighted by Gasteiger charge is 2.36. The van der Waals surface area contributed by atoms with Gasteiger partial charge in [0.1, 0.15) is 0 Å². The van der Waals surface area contributed by atoms with Crippen LogP contribution in [0.2, 0.25) is 0 Å². The Kier molecular flexibility index (Phi) is 5.54. The molecule has 122 valence electrons. The Hall–Kier alpha value is -2.15. The summed E-state index contributed by atoms with van der Waals surface area (Å²) in [6.45, 7) is 3.35. The molecule has 1 amide bonds. The number of amides is 1. The molecule has 0 radical (unpaired) electrons. The van der Waals surface area contributed by atoms with Crippen molar-refractivity contribution in [2.45, 2.75) is 32.7 Å². The van der Waals surface area contributed by atoms with E-state index < -0.39 is 12.0 Å². The van der Waals surface area contributed by atoms with Crippen molar-refractivity contribution in [1.29, 1.82) is 0 Å². The van der Waals surface area contributed by atoms with Crippen LogP contribution in [0.1, 0.15) is 30.9 Å². The predicted octanol–water partition coefficient (Wildman–Crippen LogP) is 2.05. The highest BCUT2D eigenvalue weighted by Crippen LogP contribution is 2.23. The first-order valence-corrected chi connectivity index (χ1v) is 8.20. The summed E-state index contributed by atoms with van der Waals surface area (Å²) < 4.78 is 0. The number of carboxylic acids is 1. The van der Waals surface area contributed by atoms with Crippen LogP contribution in [0.4, 0.5) is 0 Å². The van der Waals surface area contributed by atoms with E-state index in [0.717, 1.165) is 27.9 Å². The number of hydrazone groups is 1. The van der Waals surface area contributed by atoms with Gasteiger partial charge in [-0.1, -0.05) is 36.0 Å². The molecule has 1 aliphatic rings. The summed E-state index contributed by atoms with van der Waals surface area (Å²) in [5.41, 5.74) is 2.44. The lowest BCUT2D eigenvalue weighted by atomic mass is 10.00. The molecule has 6 nitrogen and oxygen atoms in total. The molecule has 1 N–H and O–H groups in total. The maximum atomic E-state index is 12.2. The normalized spacial score (nSPS) is 17.0. The van der Waals surface area contributed by atoms with E-state index in [9.17, 15) is 19.5 Å². The van der Waals surface area contributed by atoms with Crippen LogP contribution in [0, 0.1) is 6.92 Å². The van der Waals surface area contributed by atoms with Crippen molar-refractivity contribution in [3.63, 3.8) is 0 Å².